The molecule has 8 heteroatoms. The first-order chi connectivity index (χ1) is 14.3. The molecule has 0 bridgehead atoms. The average Bonchev–Trinajstić information content (AvgIpc) is 2.75. The number of carbonyl (C=O) groups excluding carboxylic acids is 1. The first kappa shape index (κ1) is 23.2. The smallest absolute Gasteiger partial charge is 0.338 e. The van der Waals surface area contributed by atoms with Crippen LogP contribution in [0.2, 0.25) is 0 Å². The lowest BCUT2D eigenvalue weighted by molar-refractivity contribution is -0.0103. The van der Waals surface area contributed by atoms with Crippen molar-refractivity contribution in [3.05, 3.63) is 41.5 Å². The maximum Gasteiger partial charge on any atom is 0.338 e. The van der Waals surface area contributed by atoms with E-state index in [1.54, 1.807) is 32.0 Å². The van der Waals surface area contributed by atoms with E-state index in [1.807, 2.05) is 0 Å². The van der Waals surface area contributed by atoms with E-state index in [2.05, 4.69) is 0 Å². The number of methoxy groups -OCH3 is 4. The third kappa shape index (κ3) is 4.88. The number of benzene rings is 2. The zero-order valence-corrected chi connectivity index (χ0v) is 18.0. The Morgan fingerprint density at radius 3 is 2.03 bits per heavy atom. The number of phenols is 1. The maximum absolute atomic E-state index is 12.9. The normalized spacial score (nSPS) is 13.7. The molecule has 2 rings (SSSR count). The zero-order chi connectivity index (χ0) is 22.4. The molecule has 0 aliphatic rings. The summed E-state index contributed by atoms with van der Waals surface area (Å²) in [6, 6.07) is 7.69. The van der Waals surface area contributed by atoms with E-state index >= 15 is 0 Å². The number of aliphatic hydroxyl groups is 1. The van der Waals surface area contributed by atoms with Gasteiger partial charge in [0.2, 0.25) is 5.75 Å². The van der Waals surface area contributed by atoms with E-state index < -0.39 is 24.1 Å². The summed E-state index contributed by atoms with van der Waals surface area (Å²) in [6.07, 6.45) is -1.65. The number of esters is 1. The Kier molecular flexibility index (Phi) is 7.77. The van der Waals surface area contributed by atoms with Crippen molar-refractivity contribution in [2.45, 2.75) is 26.1 Å². The van der Waals surface area contributed by atoms with Crippen molar-refractivity contribution < 1.29 is 38.7 Å². The molecule has 164 valence electrons. The molecule has 2 aromatic carbocycles. The van der Waals surface area contributed by atoms with Crippen LogP contribution in [0.5, 0.6) is 28.7 Å². The Balaban J connectivity index is 2.44. The quantitative estimate of drug-likeness (QED) is 0.596. The molecule has 0 saturated heterocycles. The molecule has 2 N–H and O–H groups in total. The first-order valence-electron chi connectivity index (χ1n) is 9.33. The van der Waals surface area contributed by atoms with Crippen LogP contribution < -0.4 is 18.9 Å². The Bertz CT molecular complexity index is 878. The number of ether oxygens (including phenoxy) is 5. The Labute approximate surface area is 175 Å². The van der Waals surface area contributed by atoms with Gasteiger partial charge in [-0.05, 0) is 37.3 Å². The van der Waals surface area contributed by atoms with Crippen molar-refractivity contribution >= 4 is 5.97 Å². The summed E-state index contributed by atoms with van der Waals surface area (Å²) in [4.78, 5) is 12.9. The molecule has 0 aromatic heterocycles. The van der Waals surface area contributed by atoms with Gasteiger partial charge in [-0.3, -0.25) is 0 Å². The molecule has 0 heterocycles. The summed E-state index contributed by atoms with van der Waals surface area (Å²) < 4.78 is 26.6. The van der Waals surface area contributed by atoms with Gasteiger partial charge >= 0.3 is 5.97 Å². The predicted molar refractivity (Wildman–Crippen MR) is 110 cm³/mol. The molecular formula is C22H28O8. The average molecular weight is 420 g/mol. The molecule has 2 aromatic rings. The summed E-state index contributed by atoms with van der Waals surface area (Å²) in [5.41, 5.74) is 0.701. The van der Waals surface area contributed by atoms with E-state index in [1.165, 1.54) is 40.6 Å². The molecule has 0 aliphatic heterocycles. The highest BCUT2D eigenvalue weighted by Gasteiger charge is 2.30. The number of hydrogen-bond acceptors (Lipinski definition) is 8. The van der Waals surface area contributed by atoms with Crippen LogP contribution in [0.15, 0.2) is 30.3 Å². The lowest BCUT2D eigenvalue weighted by atomic mass is 9.92. The van der Waals surface area contributed by atoms with Gasteiger partial charge in [-0.25, -0.2) is 4.79 Å². The van der Waals surface area contributed by atoms with E-state index in [9.17, 15) is 15.0 Å². The number of carbonyl (C=O) groups is 1. The van der Waals surface area contributed by atoms with Crippen LogP contribution in [-0.4, -0.2) is 50.7 Å². The Hall–Kier alpha value is -3.13. The van der Waals surface area contributed by atoms with Crippen LogP contribution >= 0.6 is 0 Å². The monoisotopic (exact) mass is 420 g/mol. The maximum atomic E-state index is 12.9. The van der Waals surface area contributed by atoms with Crippen molar-refractivity contribution in [2.75, 3.05) is 28.4 Å². The molecule has 1 unspecified atom stereocenters. The van der Waals surface area contributed by atoms with E-state index in [0.29, 0.717) is 17.1 Å². The Morgan fingerprint density at radius 2 is 1.50 bits per heavy atom. The second-order valence-electron chi connectivity index (χ2n) is 6.77. The van der Waals surface area contributed by atoms with E-state index in [4.69, 9.17) is 23.7 Å². The molecule has 0 aliphatic carbocycles. The van der Waals surface area contributed by atoms with Crippen molar-refractivity contribution in [1.82, 2.24) is 0 Å². The summed E-state index contributed by atoms with van der Waals surface area (Å²) in [5, 5.41) is 20.4. The molecule has 0 spiro atoms. The molecule has 0 amide bonds. The number of aromatic hydroxyl groups is 1. The fraction of sp³-hybridized carbons (Fsp3) is 0.409. The van der Waals surface area contributed by atoms with Crippen LogP contribution in [0.1, 0.15) is 35.9 Å². The van der Waals surface area contributed by atoms with Crippen molar-refractivity contribution in [3.8, 4) is 28.7 Å². The summed E-state index contributed by atoms with van der Waals surface area (Å²) in [6.45, 7) is 3.34. The van der Waals surface area contributed by atoms with Gasteiger partial charge < -0.3 is 33.9 Å². The third-order valence-corrected chi connectivity index (χ3v) is 4.90. The summed E-state index contributed by atoms with van der Waals surface area (Å²) in [5.74, 6) is 0.0307. The van der Waals surface area contributed by atoms with Gasteiger partial charge in [-0.1, -0.05) is 6.92 Å². The molecule has 0 saturated carbocycles. The van der Waals surface area contributed by atoms with Gasteiger partial charge in [-0.15, -0.1) is 0 Å². The number of phenolic OH excluding ortho intramolecular Hbond substituents is 1. The lowest BCUT2D eigenvalue weighted by Crippen LogP contribution is -2.26. The van der Waals surface area contributed by atoms with Gasteiger partial charge in [0, 0.05) is 11.5 Å². The van der Waals surface area contributed by atoms with Gasteiger partial charge in [0.25, 0.3) is 0 Å². The van der Waals surface area contributed by atoms with Crippen molar-refractivity contribution in [1.29, 1.82) is 0 Å². The molecule has 8 nitrogen and oxygen atoms in total. The van der Waals surface area contributed by atoms with E-state index in [-0.39, 0.29) is 22.8 Å². The van der Waals surface area contributed by atoms with Crippen LogP contribution in [0, 0.1) is 5.92 Å². The fourth-order valence-corrected chi connectivity index (χ4v) is 3.01. The standard InChI is InChI=1S/C22H28O8/c1-12(13(2)23)20(15-9-16(24)21(29-6)19(11-15)28-5)30-22(25)14-7-8-17(26-3)18(10-14)27-4/h7-13,20,23-24H,1-6H3/t12-,13?,20-/m1/s1. The van der Waals surface area contributed by atoms with Crippen LogP contribution in [0.3, 0.4) is 0 Å². The number of rotatable bonds is 9. The van der Waals surface area contributed by atoms with Crippen molar-refractivity contribution in [3.63, 3.8) is 0 Å². The van der Waals surface area contributed by atoms with Gasteiger partial charge in [0.1, 0.15) is 6.10 Å². The van der Waals surface area contributed by atoms with Gasteiger partial charge in [0.05, 0.1) is 40.1 Å². The van der Waals surface area contributed by atoms with E-state index in [0.717, 1.165) is 0 Å². The topological polar surface area (TPSA) is 104 Å². The van der Waals surface area contributed by atoms with Crippen molar-refractivity contribution in [2.24, 2.45) is 5.92 Å². The predicted octanol–water partition coefficient (Wildman–Crippen LogP) is 3.34. The van der Waals surface area contributed by atoms with Crippen LogP contribution in [-0.2, 0) is 4.74 Å². The molecule has 3 atom stereocenters. The first-order valence-corrected chi connectivity index (χ1v) is 9.33. The fourth-order valence-electron chi connectivity index (χ4n) is 3.01. The largest absolute Gasteiger partial charge is 0.504 e. The van der Waals surface area contributed by atoms with Crippen LogP contribution in [0.4, 0.5) is 0 Å². The molecule has 0 fully saturated rings. The van der Waals surface area contributed by atoms with Crippen LogP contribution in [0.25, 0.3) is 0 Å². The second-order valence-corrected chi connectivity index (χ2v) is 6.77. The van der Waals surface area contributed by atoms with Gasteiger partial charge in [-0.2, -0.15) is 0 Å². The highest BCUT2D eigenvalue weighted by Crippen LogP contribution is 2.42. The minimum atomic E-state index is -0.865. The SMILES string of the molecule is COc1ccc(C(=O)O[C@@H](c2cc(O)c(OC)c(OC)c2)[C@H](C)C(C)O)cc1OC. The highest BCUT2D eigenvalue weighted by molar-refractivity contribution is 5.90. The number of hydrogen-bond donors (Lipinski definition) is 2. The zero-order valence-electron chi connectivity index (χ0n) is 18.0. The number of aliphatic hydroxyl groups excluding tert-OH is 1. The summed E-state index contributed by atoms with van der Waals surface area (Å²) in [7, 11) is 5.81. The second kappa shape index (κ2) is 10.1. The lowest BCUT2D eigenvalue weighted by Gasteiger charge is -2.27. The highest BCUT2D eigenvalue weighted by atomic mass is 16.5. The minimum Gasteiger partial charge on any atom is -0.504 e. The molecule has 30 heavy (non-hydrogen) atoms. The Morgan fingerprint density at radius 1 is 0.867 bits per heavy atom. The van der Waals surface area contributed by atoms with Gasteiger partial charge in [0.15, 0.2) is 23.0 Å². The molecular weight excluding hydrogens is 392 g/mol. The summed E-state index contributed by atoms with van der Waals surface area (Å²) >= 11 is 0. The molecule has 0 radical (unpaired) electrons. The third-order valence-electron chi connectivity index (χ3n) is 4.90. The minimum absolute atomic E-state index is 0.163.